The van der Waals surface area contributed by atoms with Gasteiger partial charge in [-0.05, 0) is 37.1 Å². The van der Waals surface area contributed by atoms with E-state index in [1.54, 1.807) is 55.5 Å². The maximum Gasteiger partial charge on any atom is 0.340 e. The quantitative estimate of drug-likeness (QED) is 0.728. The molecule has 26 heavy (non-hydrogen) atoms. The number of rotatable bonds is 6. The molecule has 138 valence electrons. The Hall–Kier alpha value is -2.08. The van der Waals surface area contributed by atoms with E-state index in [-0.39, 0.29) is 0 Å². The maximum atomic E-state index is 12.3. The Morgan fingerprint density at radius 3 is 2.35 bits per heavy atom. The molecular weight excluding hydrogens is 377 g/mol. The van der Waals surface area contributed by atoms with E-state index in [9.17, 15) is 14.7 Å². The minimum Gasteiger partial charge on any atom is -0.450 e. The number of aliphatic hydroxyl groups excluding tert-OH is 1. The number of carbonyl (C=O) groups excluding carboxylic acids is 2. The van der Waals surface area contributed by atoms with Gasteiger partial charge in [0.25, 0.3) is 5.91 Å². The van der Waals surface area contributed by atoms with Gasteiger partial charge in [-0.15, -0.1) is 0 Å². The second-order valence-electron chi connectivity index (χ2n) is 5.79. The zero-order valence-electron chi connectivity index (χ0n) is 14.3. The molecule has 0 spiro atoms. The summed E-state index contributed by atoms with van der Waals surface area (Å²) in [6.07, 6.45) is -2.52. The van der Waals surface area contributed by atoms with Crippen molar-refractivity contribution in [1.29, 1.82) is 0 Å². The Kier molecular flexibility index (Phi) is 7.03. The van der Waals surface area contributed by atoms with Crippen molar-refractivity contribution in [3.8, 4) is 0 Å². The highest BCUT2D eigenvalue weighted by atomic mass is 35.5. The predicted octanol–water partition coefficient (Wildman–Crippen LogP) is 3.84. The molecule has 1 amide bonds. The number of aliphatic hydroxyl groups is 1. The molecule has 2 N–H and O–H groups in total. The summed E-state index contributed by atoms with van der Waals surface area (Å²) >= 11 is 12.0. The number of halogens is 2. The molecule has 0 aliphatic carbocycles. The average Bonchev–Trinajstić information content (AvgIpc) is 2.61. The zero-order chi connectivity index (χ0) is 19.3. The van der Waals surface area contributed by atoms with Crippen molar-refractivity contribution in [3.05, 3.63) is 69.7 Å². The maximum absolute atomic E-state index is 12.3. The van der Waals surface area contributed by atoms with Gasteiger partial charge >= 0.3 is 5.97 Å². The Labute approximate surface area is 161 Å². The fourth-order valence-corrected chi connectivity index (χ4v) is 2.90. The largest absolute Gasteiger partial charge is 0.450 e. The molecule has 2 aromatic rings. The van der Waals surface area contributed by atoms with Crippen LogP contribution in [0.1, 0.15) is 37.1 Å². The van der Waals surface area contributed by atoms with Crippen LogP contribution >= 0.6 is 23.2 Å². The van der Waals surface area contributed by atoms with Gasteiger partial charge in [0.2, 0.25) is 0 Å². The van der Waals surface area contributed by atoms with Crippen LogP contribution in [-0.4, -0.2) is 23.1 Å². The SMILES string of the molecule is C[C@@H](OC(=O)[C@H](O)c1ccccc1)C(=O)N[C@H](C)c1ccc(Cl)cc1Cl. The molecule has 5 nitrogen and oxygen atoms in total. The van der Waals surface area contributed by atoms with Crippen LogP contribution in [0.2, 0.25) is 10.0 Å². The van der Waals surface area contributed by atoms with E-state index in [4.69, 9.17) is 27.9 Å². The minimum absolute atomic E-state index is 0.395. The lowest BCUT2D eigenvalue weighted by molar-refractivity contribution is -0.163. The Balaban J connectivity index is 1.95. The molecule has 0 unspecified atom stereocenters. The molecule has 7 heteroatoms. The summed E-state index contributed by atoms with van der Waals surface area (Å²) in [4.78, 5) is 24.3. The number of benzene rings is 2. The molecule has 0 radical (unpaired) electrons. The van der Waals surface area contributed by atoms with Crippen LogP contribution in [-0.2, 0) is 14.3 Å². The number of carbonyl (C=O) groups is 2. The highest BCUT2D eigenvalue weighted by molar-refractivity contribution is 6.35. The molecule has 0 saturated carbocycles. The van der Waals surface area contributed by atoms with Crippen LogP contribution in [0, 0.1) is 0 Å². The monoisotopic (exact) mass is 395 g/mol. The topological polar surface area (TPSA) is 75.6 Å². The molecule has 0 heterocycles. The molecule has 0 bridgehead atoms. The molecule has 3 atom stereocenters. The first-order chi connectivity index (χ1) is 12.3. The van der Waals surface area contributed by atoms with Crippen LogP contribution in [0.3, 0.4) is 0 Å². The smallest absolute Gasteiger partial charge is 0.340 e. The number of hydrogen-bond donors (Lipinski definition) is 2. The van der Waals surface area contributed by atoms with Crippen LogP contribution in [0.5, 0.6) is 0 Å². The van der Waals surface area contributed by atoms with E-state index in [1.165, 1.54) is 6.92 Å². The lowest BCUT2D eigenvalue weighted by atomic mass is 10.1. The Morgan fingerprint density at radius 2 is 1.73 bits per heavy atom. The van der Waals surface area contributed by atoms with Gasteiger partial charge in [-0.25, -0.2) is 4.79 Å². The molecule has 0 saturated heterocycles. The van der Waals surface area contributed by atoms with Crippen LogP contribution in [0.25, 0.3) is 0 Å². The van der Waals surface area contributed by atoms with Crippen molar-refractivity contribution in [2.75, 3.05) is 0 Å². The highest BCUT2D eigenvalue weighted by Gasteiger charge is 2.25. The number of nitrogens with one attached hydrogen (secondary N) is 1. The fourth-order valence-electron chi connectivity index (χ4n) is 2.32. The van der Waals surface area contributed by atoms with Crippen molar-refractivity contribution in [2.45, 2.75) is 32.1 Å². The van der Waals surface area contributed by atoms with Gasteiger partial charge in [0.1, 0.15) is 0 Å². The third kappa shape index (κ3) is 5.21. The summed E-state index contributed by atoms with van der Waals surface area (Å²) in [5.41, 5.74) is 1.08. The predicted molar refractivity (Wildman–Crippen MR) is 100.0 cm³/mol. The first-order valence-corrected chi connectivity index (χ1v) is 8.74. The van der Waals surface area contributed by atoms with E-state index < -0.39 is 30.1 Å². The fraction of sp³-hybridized carbons (Fsp3) is 0.263. The third-order valence-electron chi connectivity index (χ3n) is 3.79. The Bertz CT molecular complexity index is 782. The number of hydrogen-bond acceptors (Lipinski definition) is 4. The first-order valence-electron chi connectivity index (χ1n) is 7.98. The van der Waals surface area contributed by atoms with Crippen molar-refractivity contribution in [2.24, 2.45) is 0 Å². The molecule has 0 aliphatic rings. The van der Waals surface area contributed by atoms with Gasteiger partial charge in [0.05, 0.1) is 6.04 Å². The van der Waals surface area contributed by atoms with Gasteiger partial charge in [0, 0.05) is 10.0 Å². The molecular formula is C19H19Cl2NO4. The standard InChI is InChI=1S/C19H19Cl2NO4/c1-11(15-9-8-14(20)10-16(15)21)22-18(24)12(2)26-19(25)17(23)13-6-4-3-5-7-13/h3-12,17,23H,1-2H3,(H,22,24)/t11-,12-,17-/m1/s1. The van der Waals surface area contributed by atoms with E-state index in [0.29, 0.717) is 21.2 Å². The third-order valence-corrected chi connectivity index (χ3v) is 4.35. The van der Waals surface area contributed by atoms with E-state index in [1.807, 2.05) is 0 Å². The van der Waals surface area contributed by atoms with Gasteiger partial charge in [-0.2, -0.15) is 0 Å². The lowest BCUT2D eigenvalue weighted by Crippen LogP contribution is -2.38. The van der Waals surface area contributed by atoms with Gasteiger partial charge < -0.3 is 15.2 Å². The molecule has 2 rings (SSSR count). The zero-order valence-corrected chi connectivity index (χ0v) is 15.8. The van der Waals surface area contributed by atoms with Crippen LogP contribution < -0.4 is 5.32 Å². The Morgan fingerprint density at radius 1 is 1.08 bits per heavy atom. The lowest BCUT2D eigenvalue weighted by Gasteiger charge is -2.20. The summed E-state index contributed by atoms with van der Waals surface area (Å²) in [7, 11) is 0. The minimum atomic E-state index is -1.45. The normalized spacial score (nSPS) is 14.2. The number of ether oxygens (including phenoxy) is 1. The first kappa shape index (κ1) is 20.2. The average molecular weight is 396 g/mol. The molecule has 0 fully saturated rings. The van der Waals surface area contributed by atoms with Crippen molar-refractivity contribution >= 4 is 35.1 Å². The van der Waals surface area contributed by atoms with Gasteiger partial charge in [-0.3, -0.25) is 4.79 Å². The van der Waals surface area contributed by atoms with Crippen LogP contribution in [0.4, 0.5) is 0 Å². The summed E-state index contributed by atoms with van der Waals surface area (Å²) < 4.78 is 5.06. The molecule has 0 aliphatic heterocycles. The van der Waals surface area contributed by atoms with Crippen molar-refractivity contribution in [1.82, 2.24) is 5.32 Å². The summed E-state index contributed by atoms with van der Waals surface area (Å²) in [5, 5.41) is 13.6. The molecule has 2 aromatic carbocycles. The van der Waals surface area contributed by atoms with Gasteiger partial charge in [-0.1, -0.05) is 59.6 Å². The number of amides is 1. The van der Waals surface area contributed by atoms with Crippen LogP contribution in [0.15, 0.2) is 48.5 Å². The summed E-state index contributed by atoms with van der Waals surface area (Å²) in [6.45, 7) is 3.18. The molecule has 0 aromatic heterocycles. The van der Waals surface area contributed by atoms with E-state index >= 15 is 0 Å². The van der Waals surface area contributed by atoms with Crippen molar-refractivity contribution in [3.63, 3.8) is 0 Å². The highest BCUT2D eigenvalue weighted by Crippen LogP contribution is 2.26. The summed E-state index contributed by atoms with van der Waals surface area (Å²) in [6, 6.07) is 12.9. The second-order valence-corrected chi connectivity index (χ2v) is 6.63. The van der Waals surface area contributed by atoms with Crippen molar-refractivity contribution < 1.29 is 19.4 Å². The summed E-state index contributed by atoms with van der Waals surface area (Å²) in [5.74, 6) is -1.40. The second kappa shape index (κ2) is 9.03. The number of esters is 1. The van der Waals surface area contributed by atoms with Gasteiger partial charge in [0.15, 0.2) is 12.2 Å². The van der Waals surface area contributed by atoms with E-state index in [2.05, 4.69) is 5.32 Å². The van der Waals surface area contributed by atoms with E-state index in [0.717, 1.165) is 0 Å².